The Labute approximate surface area is 166 Å². The minimum Gasteiger partial charge on any atom is -0.381 e. The Balaban J connectivity index is 3.03. The molecule has 0 fully saturated rings. The lowest BCUT2D eigenvalue weighted by Crippen LogP contribution is -2.24. The molecule has 2 heteroatoms. The summed E-state index contributed by atoms with van der Waals surface area (Å²) in [6, 6.07) is 0. The second kappa shape index (κ2) is 23.0. The van der Waals surface area contributed by atoms with E-state index in [4.69, 9.17) is 4.74 Å². The molecule has 0 atom stereocenters. The van der Waals surface area contributed by atoms with Crippen molar-refractivity contribution in [2.24, 2.45) is 0 Å². The van der Waals surface area contributed by atoms with Crippen LogP contribution >= 0.6 is 0 Å². The van der Waals surface area contributed by atoms with Gasteiger partial charge in [-0.25, -0.2) is 0 Å². The molecular formula is C24H51NO. The van der Waals surface area contributed by atoms with Gasteiger partial charge in [0.25, 0.3) is 0 Å². The van der Waals surface area contributed by atoms with Gasteiger partial charge < -0.3 is 9.64 Å². The van der Waals surface area contributed by atoms with Crippen LogP contribution < -0.4 is 0 Å². The molecular weight excluding hydrogens is 318 g/mol. The lowest BCUT2D eigenvalue weighted by molar-refractivity contribution is 0.118. The zero-order valence-electron chi connectivity index (χ0n) is 18.7. The van der Waals surface area contributed by atoms with Crippen LogP contribution in [-0.4, -0.2) is 37.7 Å². The van der Waals surface area contributed by atoms with Gasteiger partial charge in [-0.1, -0.05) is 111 Å². The van der Waals surface area contributed by atoms with Gasteiger partial charge in [0.1, 0.15) is 0 Å². The van der Waals surface area contributed by atoms with Gasteiger partial charge >= 0.3 is 0 Å². The highest BCUT2D eigenvalue weighted by Crippen LogP contribution is 2.13. The Morgan fingerprint density at radius 1 is 0.462 bits per heavy atom. The van der Waals surface area contributed by atoms with Crippen molar-refractivity contribution in [2.75, 3.05) is 32.8 Å². The van der Waals surface area contributed by atoms with Crippen LogP contribution in [-0.2, 0) is 4.74 Å². The van der Waals surface area contributed by atoms with Crippen molar-refractivity contribution < 1.29 is 4.74 Å². The maximum Gasteiger partial charge on any atom is 0.0478 e. The van der Waals surface area contributed by atoms with Gasteiger partial charge in [0.2, 0.25) is 0 Å². The van der Waals surface area contributed by atoms with Gasteiger partial charge in [0, 0.05) is 19.8 Å². The Morgan fingerprint density at radius 2 is 0.846 bits per heavy atom. The fourth-order valence-corrected chi connectivity index (χ4v) is 3.61. The van der Waals surface area contributed by atoms with Crippen molar-refractivity contribution in [3.05, 3.63) is 0 Å². The molecule has 0 spiro atoms. The van der Waals surface area contributed by atoms with E-state index in [1.165, 1.54) is 109 Å². The average Bonchev–Trinajstić information content (AvgIpc) is 2.66. The van der Waals surface area contributed by atoms with Gasteiger partial charge in [0.15, 0.2) is 0 Å². The molecule has 0 aromatic carbocycles. The van der Waals surface area contributed by atoms with Crippen molar-refractivity contribution in [1.29, 1.82) is 0 Å². The highest BCUT2D eigenvalue weighted by molar-refractivity contribution is 4.52. The Kier molecular flexibility index (Phi) is 22.9. The van der Waals surface area contributed by atoms with Crippen molar-refractivity contribution in [1.82, 2.24) is 4.90 Å². The van der Waals surface area contributed by atoms with E-state index in [0.29, 0.717) is 0 Å². The molecule has 0 N–H and O–H groups in total. The third kappa shape index (κ3) is 20.2. The predicted octanol–water partition coefficient (Wildman–Crippen LogP) is 7.61. The topological polar surface area (TPSA) is 12.5 Å². The molecule has 0 amide bonds. The standard InChI is InChI=1S/C24H51NO/c1-4-7-8-9-10-11-12-13-14-15-16-17-18-19-20-23-26-24-21-22-25(5-2)6-3/h4-24H2,1-3H3. The number of hydrogen-bond donors (Lipinski definition) is 0. The first kappa shape index (κ1) is 25.9. The van der Waals surface area contributed by atoms with Gasteiger partial charge in [-0.15, -0.1) is 0 Å². The quantitative estimate of drug-likeness (QED) is 0.182. The summed E-state index contributed by atoms with van der Waals surface area (Å²) in [6.45, 7) is 12.2. The predicted molar refractivity (Wildman–Crippen MR) is 118 cm³/mol. The lowest BCUT2D eigenvalue weighted by Gasteiger charge is -2.17. The first-order valence-corrected chi connectivity index (χ1v) is 12.1. The second-order valence-electron chi connectivity index (χ2n) is 7.94. The van der Waals surface area contributed by atoms with Crippen molar-refractivity contribution in [3.63, 3.8) is 0 Å². The minimum absolute atomic E-state index is 0.940. The Morgan fingerprint density at radius 3 is 1.27 bits per heavy atom. The third-order valence-corrected chi connectivity index (χ3v) is 5.55. The second-order valence-corrected chi connectivity index (χ2v) is 7.94. The number of hydrogen-bond acceptors (Lipinski definition) is 2. The molecule has 0 aliphatic carbocycles. The molecule has 0 unspecified atom stereocenters. The zero-order chi connectivity index (χ0) is 19.1. The van der Waals surface area contributed by atoms with Crippen LogP contribution in [0.2, 0.25) is 0 Å². The van der Waals surface area contributed by atoms with Crippen molar-refractivity contribution in [3.8, 4) is 0 Å². The average molecular weight is 370 g/mol. The number of rotatable bonds is 22. The molecule has 0 aromatic rings. The van der Waals surface area contributed by atoms with E-state index in [1.54, 1.807) is 0 Å². The summed E-state index contributed by atoms with van der Waals surface area (Å²) in [4.78, 5) is 2.47. The summed E-state index contributed by atoms with van der Waals surface area (Å²) in [7, 11) is 0. The Bertz CT molecular complexity index is 240. The molecule has 0 radical (unpaired) electrons. The third-order valence-electron chi connectivity index (χ3n) is 5.55. The first-order chi connectivity index (χ1) is 12.8. The highest BCUT2D eigenvalue weighted by Gasteiger charge is 1.98. The van der Waals surface area contributed by atoms with Crippen LogP contribution in [0, 0.1) is 0 Å². The number of nitrogens with zero attached hydrogens (tertiary/aromatic N) is 1. The molecule has 26 heavy (non-hydrogen) atoms. The van der Waals surface area contributed by atoms with E-state index >= 15 is 0 Å². The van der Waals surface area contributed by atoms with Gasteiger partial charge in [-0.3, -0.25) is 0 Å². The van der Waals surface area contributed by atoms with Crippen molar-refractivity contribution >= 4 is 0 Å². The Hall–Kier alpha value is -0.0800. The molecule has 0 saturated carbocycles. The molecule has 0 saturated heterocycles. The van der Waals surface area contributed by atoms with Gasteiger partial charge in [0.05, 0.1) is 0 Å². The normalized spacial score (nSPS) is 11.5. The molecule has 0 aliphatic heterocycles. The maximum atomic E-state index is 5.76. The fraction of sp³-hybridized carbons (Fsp3) is 1.00. The number of unbranched alkanes of at least 4 members (excludes halogenated alkanes) is 14. The lowest BCUT2D eigenvalue weighted by atomic mass is 10.0. The van der Waals surface area contributed by atoms with E-state index in [9.17, 15) is 0 Å². The molecule has 0 bridgehead atoms. The summed E-state index contributed by atoms with van der Waals surface area (Å²) in [5.41, 5.74) is 0. The van der Waals surface area contributed by atoms with Crippen LogP contribution in [0.15, 0.2) is 0 Å². The van der Waals surface area contributed by atoms with E-state index < -0.39 is 0 Å². The van der Waals surface area contributed by atoms with E-state index in [0.717, 1.165) is 26.3 Å². The van der Waals surface area contributed by atoms with Crippen LogP contribution in [0.5, 0.6) is 0 Å². The van der Waals surface area contributed by atoms with Gasteiger partial charge in [-0.2, -0.15) is 0 Å². The molecule has 0 aromatic heterocycles. The minimum atomic E-state index is 0.940. The largest absolute Gasteiger partial charge is 0.381 e. The summed E-state index contributed by atoms with van der Waals surface area (Å²) < 4.78 is 5.76. The zero-order valence-corrected chi connectivity index (χ0v) is 18.7. The summed E-state index contributed by atoms with van der Waals surface area (Å²) in [6.07, 6.45) is 22.6. The molecule has 0 aliphatic rings. The van der Waals surface area contributed by atoms with Crippen LogP contribution in [0.4, 0.5) is 0 Å². The first-order valence-electron chi connectivity index (χ1n) is 12.1. The summed E-state index contributed by atoms with van der Waals surface area (Å²) >= 11 is 0. The van der Waals surface area contributed by atoms with Crippen molar-refractivity contribution in [2.45, 2.75) is 124 Å². The molecule has 0 heterocycles. The smallest absolute Gasteiger partial charge is 0.0478 e. The number of ether oxygens (including phenoxy) is 1. The fourth-order valence-electron chi connectivity index (χ4n) is 3.61. The van der Waals surface area contributed by atoms with E-state index in [1.807, 2.05) is 0 Å². The summed E-state index contributed by atoms with van der Waals surface area (Å²) in [5.74, 6) is 0. The monoisotopic (exact) mass is 369 g/mol. The maximum absolute atomic E-state index is 5.76. The van der Waals surface area contributed by atoms with Crippen LogP contribution in [0.25, 0.3) is 0 Å². The SMILES string of the molecule is CCCCCCCCCCCCCCCCCOCCCN(CC)CC. The molecule has 158 valence electrons. The van der Waals surface area contributed by atoms with Crippen LogP contribution in [0.3, 0.4) is 0 Å². The van der Waals surface area contributed by atoms with Crippen LogP contribution in [0.1, 0.15) is 124 Å². The summed E-state index contributed by atoms with van der Waals surface area (Å²) in [5, 5.41) is 0. The van der Waals surface area contributed by atoms with E-state index in [2.05, 4.69) is 25.7 Å². The highest BCUT2D eigenvalue weighted by atomic mass is 16.5. The molecule has 2 nitrogen and oxygen atoms in total. The van der Waals surface area contributed by atoms with Gasteiger partial charge in [-0.05, 0) is 25.9 Å². The van der Waals surface area contributed by atoms with E-state index in [-0.39, 0.29) is 0 Å². The molecule has 0 rings (SSSR count).